The molecule has 0 radical (unpaired) electrons. The summed E-state index contributed by atoms with van der Waals surface area (Å²) in [6, 6.07) is 5.22. The Hall–Kier alpha value is -1.32. The van der Waals surface area contributed by atoms with Crippen molar-refractivity contribution < 1.29 is 26.4 Å². The first kappa shape index (κ1) is 18.7. The average molecular weight is 359 g/mol. The molecule has 0 heterocycles. The van der Waals surface area contributed by atoms with E-state index in [4.69, 9.17) is 11.6 Å². The van der Waals surface area contributed by atoms with Crippen LogP contribution in [-0.2, 0) is 14.8 Å². The molecule has 0 saturated carbocycles. The number of sulfonamides is 1. The van der Waals surface area contributed by atoms with Gasteiger partial charge in [0.1, 0.15) is 6.54 Å². The summed E-state index contributed by atoms with van der Waals surface area (Å²) in [6.07, 6.45) is -4.54. The number of carbonyl (C=O) groups excluding carboxylic acids is 1. The minimum Gasteiger partial charge on any atom is -0.336 e. The zero-order valence-electron chi connectivity index (χ0n) is 11.8. The molecule has 0 atom stereocenters. The van der Waals surface area contributed by atoms with Crippen molar-refractivity contribution in [2.45, 2.75) is 11.1 Å². The molecule has 0 unspecified atom stereocenters. The number of alkyl halides is 3. The molecule has 124 valence electrons. The molecule has 0 fully saturated rings. The third-order valence-corrected chi connectivity index (χ3v) is 4.79. The number of hydrogen-bond acceptors (Lipinski definition) is 3. The predicted molar refractivity (Wildman–Crippen MR) is 75.0 cm³/mol. The highest BCUT2D eigenvalue weighted by Gasteiger charge is 2.32. The fourth-order valence-electron chi connectivity index (χ4n) is 1.54. The monoisotopic (exact) mass is 358 g/mol. The van der Waals surface area contributed by atoms with Crippen LogP contribution < -0.4 is 0 Å². The van der Waals surface area contributed by atoms with Gasteiger partial charge >= 0.3 is 6.18 Å². The van der Waals surface area contributed by atoms with Gasteiger partial charge in [-0.2, -0.15) is 17.5 Å². The van der Waals surface area contributed by atoms with Crippen molar-refractivity contribution in [1.29, 1.82) is 0 Å². The maximum absolute atomic E-state index is 12.2. The number of carbonyl (C=O) groups is 1. The molecule has 0 bridgehead atoms. The van der Waals surface area contributed by atoms with Crippen LogP contribution >= 0.6 is 11.6 Å². The normalized spacial score (nSPS) is 12.5. The summed E-state index contributed by atoms with van der Waals surface area (Å²) in [6.45, 7) is -2.14. The summed E-state index contributed by atoms with van der Waals surface area (Å²) in [7, 11) is -1.91. The lowest BCUT2D eigenvalue weighted by molar-refractivity contribution is -0.158. The number of likely N-dealkylation sites (N-methyl/N-ethyl adjacent to an activating group) is 2. The molecule has 1 aromatic rings. The van der Waals surface area contributed by atoms with Crippen LogP contribution in [0.2, 0.25) is 5.02 Å². The molecule has 0 N–H and O–H groups in total. The molecule has 1 rings (SSSR count). The number of hydrogen-bond donors (Lipinski definition) is 0. The highest BCUT2D eigenvalue weighted by Crippen LogP contribution is 2.18. The summed E-state index contributed by atoms with van der Waals surface area (Å²) in [5, 5.41) is 0.336. The highest BCUT2D eigenvalue weighted by molar-refractivity contribution is 7.89. The largest absolute Gasteiger partial charge is 0.406 e. The molecule has 0 aliphatic carbocycles. The van der Waals surface area contributed by atoms with E-state index in [0.29, 0.717) is 14.2 Å². The van der Waals surface area contributed by atoms with Gasteiger partial charge in [-0.15, -0.1) is 0 Å². The quantitative estimate of drug-likeness (QED) is 0.808. The van der Waals surface area contributed by atoms with Gasteiger partial charge in [0.25, 0.3) is 0 Å². The van der Waals surface area contributed by atoms with E-state index in [1.807, 2.05) is 0 Å². The second kappa shape index (κ2) is 6.84. The maximum atomic E-state index is 12.2. The highest BCUT2D eigenvalue weighted by atomic mass is 35.5. The van der Waals surface area contributed by atoms with Crippen molar-refractivity contribution in [3.8, 4) is 0 Å². The van der Waals surface area contributed by atoms with Crippen molar-refractivity contribution in [2.24, 2.45) is 0 Å². The van der Waals surface area contributed by atoms with Gasteiger partial charge in [0, 0.05) is 19.1 Å². The van der Waals surface area contributed by atoms with Crippen LogP contribution in [-0.4, -0.2) is 56.9 Å². The van der Waals surface area contributed by atoms with E-state index in [-0.39, 0.29) is 4.90 Å². The van der Waals surface area contributed by atoms with Gasteiger partial charge in [0.2, 0.25) is 15.9 Å². The van der Waals surface area contributed by atoms with E-state index in [0.717, 1.165) is 14.1 Å². The molecule has 0 aliphatic rings. The molecule has 10 heteroatoms. The van der Waals surface area contributed by atoms with Crippen LogP contribution in [0.5, 0.6) is 0 Å². The Bertz CT molecular complexity index is 632. The van der Waals surface area contributed by atoms with Gasteiger partial charge in [0.15, 0.2) is 0 Å². The van der Waals surface area contributed by atoms with E-state index < -0.39 is 35.2 Å². The SMILES string of the molecule is CN(CC(F)(F)F)C(=O)CN(C)S(=O)(=O)c1ccc(Cl)cc1. The number of nitrogens with zero attached hydrogens (tertiary/aromatic N) is 2. The number of benzene rings is 1. The van der Waals surface area contributed by atoms with Gasteiger partial charge in [-0.05, 0) is 24.3 Å². The van der Waals surface area contributed by atoms with Crippen molar-refractivity contribution in [3.05, 3.63) is 29.3 Å². The van der Waals surface area contributed by atoms with Crippen molar-refractivity contribution >= 4 is 27.5 Å². The second-order valence-corrected chi connectivity index (χ2v) is 7.06. The van der Waals surface area contributed by atoms with E-state index in [9.17, 15) is 26.4 Å². The molecular formula is C12H14ClF3N2O3S. The van der Waals surface area contributed by atoms with Crippen LogP contribution in [0.3, 0.4) is 0 Å². The smallest absolute Gasteiger partial charge is 0.336 e. The van der Waals surface area contributed by atoms with Gasteiger partial charge in [-0.1, -0.05) is 11.6 Å². The lowest BCUT2D eigenvalue weighted by atomic mass is 10.4. The first-order valence-electron chi connectivity index (χ1n) is 5.96. The van der Waals surface area contributed by atoms with Crippen LogP contribution in [0, 0.1) is 0 Å². The second-order valence-electron chi connectivity index (χ2n) is 4.58. The maximum Gasteiger partial charge on any atom is 0.406 e. The van der Waals surface area contributed by atoms with Gasteiger partial charge in [-0.25, -0.2) is 8.42 Å². The molecular weight excluding hydrogens is 345 g/mol. The average Bonchev–Trinajstić information content (AvgIpc) is 2.37. The topological polar surface area (TPSA) is 57.7 Å². The van der Waals surface area contributed by atoms with Crippen LogP contribution in [0.25, 0.3) is 0 Å². The Morgan fingerprint density at radius 3 is 2.14 bits per heavy atom. The van der Waals surface area contributed by atoms with E-state index in [2.05, 4.69) is 0 Å². The summed E-state index contributed by atoms with van der Waals surface area (Å²) < 4.78 is 61.6. The fraction of sp³-hybridized carbons (Fsp3) is 0.417. The number of halogens is 4. The lowest BCUT2D eigenvalue weighted by Crippen LogP contribution is -2.42. The van der Waals surface area contributed by atoms with Crippen molar-refractivity contribution in [1.82, 2.24) is 9.21 Å². The zero-order valence-corrected chi connectivity index (χ0v) is 13.3. The minimum absolute atomic E-state index is 0.106. The molecule has 5 nitrogen and oxygen atoms in total. The molecule has 0 aliphatic heterocycles. The molecule has 0 saturated heterocycles. The molecule has 1 amide bonds. The van der Waals surface area contributed by atoms with E-state index in [1.54, 1.807) is 0 Å². The summed E-state index contributed by atoms with van der Waals surface area (Å²) in [5.74, 6) is -0.961. The van der Waals surface area contributed by atoms with E-state index >= 15 is 0 Å². The minimum atomic E-state index is -4.54. The fourth-order valence-corrected chi connectivity index (χ4v) is 2.79. The Kier molecular flexibility index (Phi) is 5.82. The number of amides is 1. The molecule has 22 heavy (non-hydrogen) atoms. The Labute approximate surface area is 131 Å². The summed E-state index contributed by atoms with van der Waals surface area (Å²) in [4.78, 5) is 12.0. The Balaban J connectivity index is 2.81. The Morgan fingerprint density at radius 2 is 1.68 bits per heavy atom. The standard InChI is InChI=1S/C12H14ClF3N2O3S/c1-17(8-12(14,15)16)11(19)7-18(2)22(20,21)10-5-3-9(13)4-6-10/h3-6H,7-8H2,1-2H3. The summed E-state index contributed by atoms with van der Waals surface area (Å²) in [5.41, 5.74) is 0. The zero-order chi connectivity index (χ0) is 17.1. The van der Waals surface area contributed by atoms with Crippen LogP contribution in [0.1, 0.15) is 0 Å². The van der Waals surface area contributed by atoms with Crippen molar-refractivity contribution in [3.63, 3.8) is 0 Å². The first-order valence-corrected chi connectivity index (χ1v) is 7.78. The van der Waals surface area contributed by atoms with Crippen LogP contribution in [0.4, 0.5) is 13.2 Å². The lowest BCUT2D eigenvalue weighted by Gasteiger charge is -2.22. The third-order valence-electron chi connectivity index (χ3n) is 2.72. The first-order chi connectivity index (χ1) is 9.93. The van der Waals surface area contributed by atoms with E-state index in [1.165, 1.54) is 24.3 Å². The Morgan fingerprint density at radius 1 is 1.18 bits per heavy atom. The third kappa shape index (κ3) is 5.15. The molecule has 1 aromatic carbocycles. The van der Waals surface area contributed by atoms with Gasteiger partial charge in [0.05, 0.1) is 11.4 Å². The summed E-state index contributed by atoms with van der Waals surface area (Å²) >= 11 is 5.65. The number of rotatable bonds is 5. The van der Waals surface area contributed by atoms with Gasteiger partial charge < -0.3 is 4.90 Å². The molecule has 0 spiro atoms. The van der Waals surface area contributed by atoms with Crippen molar-refractivity contribution in [2.75, 3.05) is 27.2 Å². The van der Waals surface area contributed by atoms with Crippen LogP contribution in [0.15, 0.2) is 29.2 Å². The molecule has 0 aromatic heterocycles. The van der Waals surface area contributed by atoms with Gasteiger partial charge in [-0.3, -0.25) is 4.79 Å². The predicted octanol–water partition coefficient (Wildman–Crippen LogP) is 1.98.